The number of aromatic nitrogens is 1. The molecule has 7 nitrogen and oxygen atoms in total. The van der Waals surface area contributed by atoms with Gasteiger partial charge in [0.1, 0.15) is 0 Å². The van der Waals surface area contributed by atoms with E-state index in [9.17, 15) is 14.4 Å². The van der Waals surface area contributed by atoms with Crippen LogP contribution >= 0.6 is 0 Å². The number of hydrogen-bond donors (Lipinski definition) is 4. The molecule has 4 N–H and O–H groups in total. The van der Waals surface area contributed by atoms with Crippen LogP contribution in [-0.2, 0) is 11.3 Å². The van der Waals surface area contributed by atoms with E-state index < -0.39 is 17.9 Å². The predicted molar refractivity (Wildman–Crippen MR) is 75.8 cm³/mol. The third-order valence-corrected chi connectivity index (χ3v) is 3.86. The summed E-state index contributed by atoms with van der Waals surface area (Å²) < 4.78 is 0. The highest BCUT2D eigenvalue weighted by Gasteiger charge is 2.32. The molecule has 1 atom stereocenters. The molecular weight excluding hydrogens is 274 g/mol. The minimum Gasteiger partial charge on any atom is -0.481 e. The lowest BCUT2D eigenvalue weighted by molar-refractivity contribution is -0.144. The van der Waals surface area contributed by atoms with Crippen molar-refractivity contribution in [3.8, 4) is 0 Å². The average Bonchev–Trinajstić information content (AvgIpc) is 2.40. The molecule has 0 bridgehead atoms. The Morgan fingerprint density at radius 1 is 1.38 bits per heavy atom. The molecule has 21 heavy (non-hydrogen) atoms. The molecular formula is C14H19N3O4. The van der Waals surface area contributed by atoms with Crippen LogP contribution in [0.5, 0.6) is 0 Å². The lowest BCUT2D eigenvalue weighted by Gasteiger charge is -2.31. The number of aromatic amines is 1. The van der Waals surface area contributed by atoms with Crippen molar-refractivity contribution in [1.29, 1.82) is 0 Å². The number of carbonyl (C=O) groups excluding carboxylic acids is 1. The third-order valence-electron chi connectivity index (χ3n) is 3.86. The van der Waals surface area contributed by atoms with E-state index in [4.69, 9.17) is 5.11 Å². The average molecular weight is 293 g/mol. The van der Waals surface area contributed by atoms with E-state index in [1.54, 1.807) is 12.1 Å². The number of carbonyl (C=O) groups is 2. The van der Waals surface area contributed by atoms with Crippen molar-refractivity contribution in [3.05, 3.63) is 34.2 Å². The van der Waals surface area contributed by atoms with Crippen molar-refractivity contribution >= 4 is 12.0 Å². The zero-order valence-corrected chi connectivity index (χ0v) is 11.6. The van der Waals surface area contributed by atoms with Crippen molar-refractivity contribution in [2.24, 2.45) is 11.8 Å². The van der Waals surface area contributed by atoms with Gasteiger partial charge in [0, 0.05) is 24.8 Å². The summed E-state index contributed by atoms with van der Waals surface area (Å²) >= 11 is 0. The lowest BCUT2D eigenvalue weighted by Crippen LogP contribution is -2.43. The van der Waals surface area contributed by atoms with E-state index in [0.717, 1.165) is 19.3 Å². The van der Waals surface area contributed by atoms with Gasteiger partial charge in [-0.15, -0.1) is 0 Å². The van der Waals surface area contributed by atoms with Crippen LogP contribution in [0.15, 0.2) is 23.1 Å². The number of nitrogens with one attached hydrogen (secondary N) is 3. The molecule has 7 heteroatoms. The van der Waals surface area contributed by atoms with Crippen LogP contribution in [0.4, 0.5) is 4.79 Å². The van der Waals surface area contributed by atoms with Crippen molar-refractivity contribution < 1.29 is 14.7 Å². The van der Waals surface area contributed by atoms with Gasteiger partial charge in [-0.25, -0.2) is 4.79 Å². The zero-order valence-electron chi connectivity index (χ0n) is 11.6. The molecule has 0 aliphatic heterocycles. The molecule has 1 aliphatic carbocycles. The van der Waals surface area contributed by atoms with E-state index in [2.05, 4.69) is 15.6 Å². The Morgan fingerprint density at radius 2 is 2.14 bits per heavy atom. The van der Waals surface area contributed by atoms with Crippen molar-refractivity contribution in [1.82, 2.24) is 15.6 Å². The summed E-state index contributed by atoms with van der Waals surface area (Å²) in [5, 5.41) is 14.3. The van der Waals surface area contributed by atoms with Gasteiger partial charge in [0.05, 0.1) is 5.92 Å². The third kappa shape index (κ3) is 4.08. The maximum Gasteiger partial charge on any atom is 0.315 e. The summed E-state index contributed by atoms with van der Waals surface area (Å²) in [6.45, 7) is 0.208. The summed E-state index contributed by atoms with van der Waals surface area (Å²) in [6.07, 6.45) is 4.37. The fourth-order valence-corrected chi connectivity index (χ4v) is 2.33. The molecule has 1 heterocycles. The second kappa shape index (κ2) is 6.92. The number of carboxylic acid groups (broad SMARTS) is 1. The van der Waals surface area contributed by atoms with E-state index >= 15 is 0 Å². The van der Waals surface area contributed by atoms with Gasteiger partial charge in [-0.2, -0.15) is 0 Å². The first-order chi connectivity index (χ1) is 10.1. The Morgan fingerprint density at radius 3 is 2.71 bits per heavy atom. The summed E-state index contributed by atoms with van der Waals surface area (Å²) in [5.41, 5.74) is 0.192. The normalized spacial score (nSPS) is 15.8. The van der Waals surface area contributed by atoms with Gasteiger partial charge >= 0.3 is 12.0 Å². The molecule has 1 fully saturated rings. The number of pyridine rings is 1. The highest BCUT2D eigenvalue weighted by Crippen LogP contribution is 2.33. The number of amides is 2. The largest absolute Gasteiger partial charge is 0.481 e. The summed E-state index contributed by atoms with van der Waals surface area (Å²) in [6, 6.07) is 2.82. The lowest BCUT2D eigenvalue weighted by atomic mass is 9.76. The zero-order chi connectivity index (χ0) is 15.2. The molecule has 1 aromatic rings. The molecule has 0 aromatic carbocycles. The maximum absolute atomic E-state index is 11.7. The van der Waals surface area contributed by atoms with Crippen LogP contribution < -0.4 is 16.2 Å². The van der Waals surface area contributed by atoms with Crippen molar-refractivity contribution in [3.63, 3.8) is 0 Å². The van der Waals surface area contributed by atoms with Crippen molar-refractivity contribution in [2.45, 2.75) is 25.8 Å². The van der Waals surface area contributed by atoms with Crippen LogP contribution in [0.2, 0.25) is 0 Å². The number of rotatable bonds is 6. The Labute approximate surface area is 121 Å². The standard InChI is InChI=1S/C14H19N3O4/c18-12-10(5-2-6-15-12)7-16-14(21)17-8-11(13(19)20)9-3-1-4-9/h2,5-6,9,11H,1,3-4,7-8H2,(H,15,18)(H,19,20)(H2,16,17,21). The number of aliphatic carboxylic acids is 1. The van der Waals surface area contributed by atoms with Crippen molar-refractivity contribution in [2.75, 3.05) is 6.54 Å². The van der Waals surface area contributed by atoms with Gasteiger partial charge in [-0.3, -0.25) is 9.59 Å². The van der Waals surface area contributed by atoms with Gasteiger partial charge in [0.2, 0.25) is 0 Å². The molecule has 114 valence electrons. The quantitative estimate of drug-likeness (QED) is 0.618. The van der Waals surface area contributed by atoms with Gasteiger partial charge < -0.3 is 20.7 Å². The molecule has 1 saturated carbocycles. The Balaban J connectivity index is 1.77. The maximum atomic E-state index is 11.7. The SMILES string of the molecule is O=C(NCc1ccc[nH]c1=O)NCC(C(=O)O)C1CCC1. The van der Waals surface area contributed by atoms with Crippen LogP contribution in [0.1, 0.15) is 24.8 Å². The summed E-state index contributed by atoms with van der Waals surface area (Å²) in [7, 11) is 0. The molecule has 1 aromatic heterocycles. The Hall–Kier alpha value is -2.31. The first kappa shape index (κ1) is 15.1. The molecule has 0 saturated heterocycles. The Kier molecular flexibility index (Phi) is 4.97. The number of hydrogen-bond acceptors (Lipinski definition) is 3. The van der Waals surface area contributed by atoms with Gasteiger partial charge in [0.15, 0.2) is 0 Å². The van der Waals surface area contributed by atoms with Crippen LogP contribution in [0.3, 0.4) is 0 Å². The fourth-order valence-electron chi connectivity index (χ4n) is 2.33. The predicted octanol–water partition coefficient (Wildman–Crippen LogP) is 0.675. The molecule has 0 radical (unpaired) electrons. The first-order valence-electron chi connectivity index (χ1n) is 6.99. The fraction of sp³-hybridized carbons (Fsp3) is 0.500. The highest BCUT2D eigenvalue weighted by molar-refractivity contribution is 5.76. The van der Waals surface area contributed by atoms with Crippen LogP contribution in [-0.4, -0.2) is 28.6 Å². The molecule has 0 spiro atoms. The monoisotopic (exact) mass is 293 g/mol. The van der Waals surface area contributed by atoms with Gasteiger partial charge in [-0.1, -0.05) is 12.5 Å². The molecule has 2 amide bonds. The van der Waals surface area contributed by atoms with E-state index in [-0.39, 0.29) is 24.6 Å². The molecule has 2 rings (SSSR count). The van der Waals surface area contributed by atoms with Gasteiger partial charge in [0.25, 0.3) is 5.56 Å². The summed E-state index contributed by atoms with van der Waals surface area (Å²) in [4.78, 5) is 36.7. The highest BCUT2D eigenvalue weighted by atomic mass is 16.4. The smallest absolute Gasteiger partial charge is 0.315 e. The minimum absolute atomic E-state index is 0.100. The second-order valence-corrected chi connectivity index (χ2v) is 5.22. The van der Waals surface area contributed by atoms with E-state index in [1.165, 1.54) is 6.20 Å². The first-order valence-corrected chi connectivity index (χ1v) is 6.99. The number of urea groups is 1. The Bertz CT molecular complexity index is 565. The van der Waals surface area contributed by atoms with Crippen LogP contribution in [0.25, 0.3) is 0 Å². The van der Waals surface area contributed by atoms with Crippen LogP contribution in [0, 0.1) is 11.8 Å². The second-order valence-electron chi connectivity index (χ2n) is 5.22. The van der Waals surface area contributed by atoms with E-state index in [0.29, 0.717) is 5.56 Å². The minimum atomic E-state index is -0.875. The summed E-state index contributed by atoms with van der Waals surface area (Å²) in [5.74, 6) is -1.26. The number of H-pyrrole nitrogens is 1. The van der Waals surface area contributed by atoms with Gasteiger partial charge in [-0.05, 0) is 24.8 Å². The molecule has 1 aliphatic rings. The van der Waals surface area contributed by atoms with E-state index in [1.807, 2.05) is 0 Å². The topological polar surface area (TPSA) is 111 Å². The molecule has 1 unspecified atom stereocenters. The number of carboxylic acids is 1.